The van der Waals surface area contributed by atoms with Crippen molar-refractivity contribution in [2.75, 3.05) is 10.7 Å². The zero-order valence-electron chi connectivity index (χ0n) is 2.88. The van der Waals surface area contributed by atoms with Crippen molar-refractivity contribution in [2.24, 2.45) is 0 Å². The number of hydrogen-bond donors (Lipinski definition) is 0. The van der Waals surface area contributed by atoms with Crippen molar-refractivity contribution in [3.05, 3.63) is 0 Å². The van der Waals surface area contributed by atoms with Crippen LogP contribution >= 0.6 is 31.9 Å². The van der Waals surface area contributed by atoms with Gasteiger partial charge in [0, 0.05) is 10.7 Å². The van der Waals surface area contributed by atoms with Crippen LogP contribution < -0.4 is 0 Å². The third-order valence-corrected chi connectivity index (χ3v) is 1.93. The standard InChI is InChI=1S/C2H4Br2.Mg/c3-1-2-4;/h1-2H2;/q;+2. The molecule has 0 amide bonds. The van der Waals surface area contributed by atoms with Crippen molar-refractivity contribution in [1.82, 2.24) is 0 Å². The fourth-order valence-corrected chi connectivity index (χ4v) is 0. The maximum absolute atomic E-state index is 3.20. The van der Waals surface area contributed by atoms with E-state index in [1.54, 1.807) is 0 Å². The summed E-state index contributed by atoms with van der Waals surface area (Å²) in [6.07, 6.45) is 0. The summed E-state index contributed by atoms with van der Waals surface area (Å²) in [5.74, 6) is 0. The Balaban J connectivity index is 0. The van der Waals surface area contributed by atoms with Crippen molar-refractivity contribution >= 4 is 54.9 Å². The monoisotopic (exact) mass is 210 g/mol. The molecule has 0 aromatic carbocycles. The maximum atomic E-state index is 3.20. The van der Waals surface area contributed by atoms with Crippen LogP contribution in [-0.2, 0) is 0 Å². The van der Waals surface area contributed by atoms with Gasteiger partial charge in [-0.2, -0.15) is 0 Å². The molecular formula is C2H4Br2Mg+2. The molecule has 0 radical (unpaired) electrons. The molecule has 0 aliphatic rings. The molecule has 0 bridgehead atoms. The van der Waals surface area contributed by atoms with Gasteiger partial charge in [-0.15, -0.1) is 0 Å². The van der Waals surface area contributed by atoms with E-state index in [0.717, 1.165) is 10.7 Å². The molecule has 0 aromatic rings. The van der Waals surface area contributed by atoms with Gasteiger partial charge in [-0.25, -0.2) is 0 Å². The molecule has 26 valence electrons. The Hall–Kier alpha value is 1.73. The summed E-state index contributed by atoms with van der Waals surface area (Å²) in [7, 11) is 0. The van der Waals surface area contributed by atoms with Crippen molar-refractivity contribution in [2.45, 2.75) is 0 Å². The van der Waals surface area contributed by atoms with Crippen molar-refractivity contribution in [1.29, 1.82) is 0 Å². The van der Waals surface area contributed by atoms with E-state index >= 15 is 0 Å². The summed E-state index contributed by atoms with van der Waals surface area (Å²) in [6.45, 7) is 0. The first-order valence-corrected chi connectivity index (χ1v) is 3.28. The van der Waals surface area contributed by atoms with Gasteiger partial charge in [-0.1, -0.05) is 31.9 Å². The van der Waals surface area contributed by atoms with Crippen molar-refractivity contribution in [3.8, 4) is 0 Å². The normalized spacial score (nSPS) is 6.00. The topological polar surface area (TPSA) is 0 Å². The second-order valence-corrected chi connectivity index (χ2v) is 1.96. The SMILES string of the molecule is BrCCBr.[Mg+2]. The van der Waals surface area contributed by atoms with Crippen molar-refractivity contribution < 1.29 is 0 Å². The maximum Gasteiger partial charge on any atom is 2.00 e. The summed E-state index contributed by atoms with van der Waals surface area (Å²) in [5, 5.41) is 2.10. The Morgan fingerprint density at radius 3 is 1.20 bits per heavy atom. The van der Waals surface area contributed by atoms with Crippen LogP contribution in [0.4, 0.5) is 0 Å². The summed E-state index contributed by atoms with van der Waals surface area (Å²) < 4.78 is 0. The predicted molar refractivity (Wildman–Crippen MR) is 33.3 cm³/mol. The van der Waals surface area contributed by atoms with Crippen LogP contribution in [-0.4, -0.2) is 33.7 Å². The zero-order valence-corrected chi connectivity index (χ0v) is 7.46. The van der Waals surface area contributed by atoms with Crippen molar-refractivity contribution in [3.63, 3.8) is 0 Å². The molecular weight excluding hydrogens is 208 g/mol. The molecule has 0 saturated carbocycles. The quantitative estimate of drug-likeness (QED) is 0.455. The van der Waals surface area contributed by atoms with Crippen LogP contribution in [0, 0.1) is 0 Å². The van der Waals surface area contributed by atoms with Crippen LogP contribution in [0.3, 0.4) is 0 Å². The fraction of sp³-hybridized carbons (Fsp3) is 1.00. The van der Waals surface area contributed by atoms with Gasteiger partial charge in [0.15, 0.2) is 0 Å². The second-order valence-electron chi connectivity index (χ2n) is 0.378. The Kier molecular flexibility index (Phi) is 18.2. The fourth-order valence-electron chi connectivity index (χ4n) is 0. The van der Waals surface area contributed by atoms with Gasteiger partial charge in [0.25, 0.3) is 0 Å². The van der Waals surface area contributed by atoms with Crippen LogP contribution in [0.5, 0.6) is 0 Å². The third kappa shape index (κ3) is 10.7. The molecule has 5 heavy (non-hydrogen) atoms. The van der Waals surface area contributed by atoms with Gasteiger partial charge in [0.2, 0.25) is 0 Å². The Bertz CT molecular complexity index is 9.61. The van der Waals surface area contributed by atoms with E-state index in [0.29, 0.717) is 0 Å². The molecule has 0 atom stereocenters. The summed E-state index contributed by atoms with van der Waals surface area (Å²) in [6, 6.07) is 0. The molecule has 0 aromatic heterocycles. The van der Waals surface area contributed by atoms with Crippen LogP contribution in [0.2, 0.25) is 0 Å². The first kappa shape index (κ1) is 9.87. The smallest absolute Gasteiger partial charge is 0.0919 e. The van der Waals surface area contributed by atoms with E-state index in [1.165, 1.54) is 0 Å². The largest absolute Gasteiger partial charge is 2.00 e. The molecule has 0 aliphatic heterocycles. The third-order valence-electron chi connectivity index (χ3n) is 0.0714. The summed E-state index contributed by atoms with van der Waals surface area (Å²) >= 11 is 6.40. The number of rotatable bonds is 1. The predicted octanol–water partition coefficient (Wildman–Crippen LogP) is 1.40. The minimum Gasteiger partial charge on any atom is -0.0919 e. The second kappa shape index (κ2) is 9.21. The Labute approximate surface area is 65.1 Å². The van der Waals surface area contributed by atoms with E-state index in [1.807, 2.05) is 0 Å². The van der Waals surface area contributed by atoms with Gasteiger partial charge >= 0.3 is 23.1 Å². The van der Waals surface area contributed by atoms with Gasteiger partial charge in [-0.05, 0) is 0 Å². The van der Waals surface area contributed by atoms with Crippen LogP contribution in [0.25, 0.3) is 0 Å². The van der Waals surface area contributed by atoms with Gasteiger partial charge in [0.1, 0.15) is 0 Å². The average Bonchev–Trinajstić information content (AvgIpc) is 1.37. The van der Waals surface area contributed by atoms with Gasteiger partial charge < -0.3 is 0 Å². The molecule has 0 nitrogen and oxygen atoms in total. The minimum absolute atomic E-state index is 0. The number of halogens is 2. The van der Waals surface area contributed by atoms with E-state index in [-0.39, 0.29) is 23.1 Å². The number of hydrogen-bond acceptors (Lipinski definition) is 0. The minimum atomic E-state index is 0. The van der Waals surface area contributed by atoms with E-state index in [4.69, 9.17) is 0 Å². The van der Waals surface area contributed by atoms with E-state index in [9.17, 15) is 0 Å². The van der Waals surface area contributed by atoms with E-state index in [2.05, 4.69) is 31.9 Å². The van der Waals surface area contributed by atoms with Crippen LogP contribution in [0.15, 0.2) is 0 Å². The average molecular weight is 212 g/mol. The first-order valence-electron chi connectivity index (χ1n) is 1.03. The molecule has 0 fully saturated rings. The van der Waals surface area contributed by atoms with Crippen LogP contribution in [0.1, 0.15) is 0 Å². The van der Waals surface area contributed by atoms with Gasteiger partial charge in [0.05, 0.1) is 0 Å². The van der Waals surface area contributed by atoms with E-state index < -0.39 is 0 Å². The zero-order chi connectivity index (χ0) is 3.41. The molecule has 0 spiro atoms. The molecule has 0 heterocycles. The Morgan fingerprint density at radius 1 is 1.00 bits per heavy atom. The summed E-state index contributed by atoms with van der Waals surface area (Å²) in [5.41, 5.74) is 0. The molecule has 3 heteroatoms. The molecule has 0 saturated heterocycles. The first-order chi connectivity index (χ1) is 1.91. The molecule has 0 rings (SSSR count). The molecule has 0 aliphatic carbocycles. The molecule has 0 unspecified atom stereocenters. The molecule has 0 N–H and O–H groups in total. The summed E-state index contributed by atoms with van der Waals surface area (Å²) in [4.78, 5) is 0. The Morgan fingerprint density at radius 2 is 1.20 bits per heavy atom. The van der Waals surface area contributed by atoms with Gasteiger partial charge in [-0.3, -0.25) is 0 Å². The number of alkyl halides is 2.